The Bertz CT molecular complexity index is 460. The Kier molecular flexibility index (Phi) is 4.94. The van der Waals surface area contributed by atoms with E-state index in [4.69, 9.17) is 4.74 Å². The van der Waals surface area contributed by atoms with Gasteiger partial charge in [0.05, 0.1) is 12.7 Å². The average Bonchev–Trinajstić information content (AvgIpc) is 2.67. The van der Waals surface area contributed by atoms with E-state index in [1.54, 1.807) is 0 Å². The van der Waals surface area contributed by atoms with Crippen LogP contribution in [-0.4, -0.2) is 56.2 Å². The molecule has 1 aromatic carbocycles. The number of ether oxygens (including phenoxy) is 1. The highest BCUT2D eigenvalue weighted by molar-refractivity contribution is 5.32. The van der Waals surface area contributed by atoms with E-state index < -0.39 is 0 Å². The maximum atomic E-state index is 6.19. The van der Waals surface area contributed by atoms with Gasteiger partial charge in [0.1, 0.15) is 0 Å². The van der Waals surface area contributed by atoms with Crippen molar-refractivity contribution < 1.29 is 4.74 Å². The van der Waals surface area contributed by atoms with Crippen molar-refractivity contribution in [2.45, 2.75) is 37.8 Å². The lowest BCUT2D eigenvalue weighted by Gasteiger charge is -2.41. The summed E-state index contributed by atoms with van der Waals surface area (Å²) >= 11 is 0. The van der Waals surface area contributed by atoms with Crippen molar-refractivity contribution >= 4 is 0 Å². The molecule has 1 aromatic rings. The first kappa shape index (κ1) is 15.0. The molecule has 0 amide bonds. The van der Waals surface area contributed by atoms with Gasteiger partial charge in [-0.1, -0.05) is 24.3 Å². The number of rotatable bonds is 4. The summed E-state index contributed by atoms with van der Waals surface area (Å²) in [5, 5.41) is 0. The summed E-state index contributed by atoms with van der Waals surface area (Å²) in [6.07, 6.45) is 5.29. The van der Waals surface area contributed by atoms with E-state index in [1.165, 1.54) is 49.9 Å². The van der Waals surface area contributed by atoms with Crippen molar-refractivity contribution in [2.24, 2.45) is 0 Å². The molecule has 0 radical (unpaired) electrons. The van der Waals surface area contributed by atoms with E-state index in [0.29, 0.717) is 6.04 Å². The summed E-state index contributed by atoms with van der Waals surface area (Å²) in [4.78, 5) is 4.96. The van der Waals surface area contributed by atoms with E-state index in [9.17, 15) is 0 Å². The zero-order valence-electron chi connectivity index (χ0n) is 13.4. The standard InChI is InChI=1S/C18H28N2O/c1-19(2)11-6-12-20-13-14-21-18-16-9-4-3-7-15(16)8-5-10-17(18)20/h3-4,7,9,17-18H,5-6,8,10-14H2,1-2H3. The number of hydrogen-bond donors (Lipinski definition) is 0. The molecule has 0 spiro atoms. The molecule has 0 saturated carbocycles. The van der Waals surface area contributed by atoms with Crippen molar-refractivity contribution in [2.75, 3.05) is 40.3 Å². The summed E-state index contributed by atoms with van der Waals surface area (Å²) in [7, 11) is 4.31. The molecule has 0 N–H and O–H groups in total. The molecule has 21 heavy (non-hydrogen) atoms. The lowest BCUT2D eigenvalue weighted by Crippen LogP contribution is -2.47. The molecule has 3 heteroatoms. The Morgan fingerprint density at radius 1 is 1.29 bits per heavy atom. The summed E-state index contributed by atoms with van der Waals surface area (Å²) in [6, 6.07) is 9.46. The number of hydrogen-bond acceptors (Lipinski definition) is 3. The summed E-state index contributed by atoms with van der Waals surface area (Å²) < 4.78 is 6.19. The van der Waals surface area contributed by atoms with E-state index >= 15 is 0 Å². The third-order valence-electron chi connectivity index (χ3n) is 4.85. The van der Waals surface area contributed by atoms with Crippen LogP contribution in [0.4, 0.5) is 0 Å². The molecule has 116 valence electrons. The molecule has 3 nitrogen and oxygen atoms in total. The highest BCUT2D eigenvalue weighted by Gasteiger charge is 2.35. The van der Waals surface area contributed by atoms with E-state index in [-0.39, 0.29) is 6.10 Å². The second-order valence-electron chi connectivity index (χ2n) is 6.64. The first-order chi connectivity index (χ1) is 10.3. The van der Waals surface area contributed by atoms with Gasteiger partial charge in [-0.25, -0.2) is 0 Å². The minimum absolute atomic E-state index is 0.289. The first-order valence-electron chi connectivity index (χ1n) is 8.34. The zero-order valence-corrected chi connectivity index (χ0v) is 13.4. The molecular formula is C18H28N2O. The molecule has 1 aliphatic carbocycles. The van der Waals surface area contributed by atoms with Crippen molar-refractivity contribution in [1.82, 2.24) is 9.80 Å². The van der Waals surface area contributed by atoms with Crippen molar-refractivity contribution in [3.05, 3.63) is 35.4 Å². The number of fused-ring (bicyclic) bond motifs is 3. The molecule has 0 bridgehead atoms. The Hall–Kier alpha value is -0.900. The monoisotopic (exact) mass is 288 g/mol. The zero-order chi connectivity index (χ0) is 14.7. The number of nitrogens with zero attached hydrogens (tertiary/aromatic N) is 2. The van der Waals surface area contributed by atoms with Crippen LogP contribution >= 0.6 is 0 Å². The van der Waals surface area contributed by atoms with Crippen LogP contribution in [0.15, 0.2) is 24.3 Å². The second kappa shape index (κ2) is 6.91. The van der Waals surface area contributed by atoms with Crippen LogP contribution in [0.3, 0.4) is 0 Å². The normalized spacial score (nSPS) is 26.2. The van der Waals surface area contributed by atoms with Crippen LogP contribution in [0.2, 0.25) is 0 Å². The predicted molar refractivity (Wildman–Crippen MR) is 86.6 cm³/mol. The summed E-state index contributed by atoms with van der Waals surface area (Å²) in [6.45, 7) is 4.34. The third-order valence-corrected chi connectivity index (χ3v) is 4.85. The predicted octanol–water partition coefficient (Wildman–Crippen LogP) is 2.72. The first-order valence-corrected chi connectivity index (χ1v) is 8.34. The third kappa shape index (κ3) is 3.47. The summed E-state index contributed by atoms with van der Waals surface area (Å²) in [5.41, 5.74) is 2.94. The van der Waals surface area contributed by atoms with Crippen molar-refractivity contribution in [3.8, 4) is 0 Å². The Morgan fingerprint density at radius 3 is 3.00 bits per heavy atom. The maximum Gasteiger partial charge on any atom is 0.0983 e. The molecule has 1 fully saturated rings. The Labute approximate surface area is 128 Å². The van der Waals surface area contributed by atoms with Crippen LogP contribution < -0.4 is 0 Å². The van der Waals surface area contributed by atoms with Gasteiger partial charge in [-0.05, 0) is 64.0 Å². The average molecular weight is 288 g/mol. The molecule has 1 saturated heterocycles. The maximum absolute atomic E-state index is 6.19. The highest BCUT2D eigenvalue weighted by atomic mass is 16.5. The Balaban J connectivity index is 1.73. The molecule has 2 aliphatic rings. The van der Waals surface area contributed by atoms with Gasteiger partial charge in [-0.2, -0.15) is 0 Å². The number of benzene rings is 1. The van der Waals surface area contributed by atoms with Crippen LogP contribution in [0.5, 0.6) is 0 Å². The molecule has 1 aliphatic heterocycles. The minimum atomic E-state index is 0.289. The van der Waals surface area contributed by atoms with Crippen LogP contribution in [0, 0.1) is 0 Å². The molecule has 0 aromatic heterocycles. The van der Waals surface area contributed by atoms with Crippen molar-refractivity contribution in [1.29, 1.82) is 0 Å². The van der Waals surface area contributed by atoms with Crippen LogP contribution in [0.25, 0.3) is 0 Å². The molecule has 3 rings (SSSR count). The largest absolute Gasteiger partial charge is 0.371 e. The smallest absolute Gasteiger partial charge is 0.0983 e. The van der Waals surface area contributed by atoms with Gasteiger partial charge in [0.25, 0.3) is 0 Å². The van der Waals surface area contributed by atoms with Gasteiger partial charge in [-0.3, -0.25) is 4.90 Å². The molecule has 2 unspecified atom stereocenters. The van der Waals surface area contributed by atoms with Crippen LogP contribution in [-0.2, 0) is 11.2 Å². The Morgan fingerprint density at radius 2 is 2.14 bits per heavy atom. The topological polar surface area (TPSA) is 15.7 Å². The number of aryl methyl sites for hydroxylation is 1. The van der Waals surface area contributed by atoms with E-state index in [2.05, 4.69) is 48.2 Å². The molecular weight excluding hydrogens is 260 g/mol. The van der Waals surface area contributed by atoms with Gasteiger partial charge < -0.3 is 9.64 Å². The minimum Gasteiger partial charge on any atom is -0.371 e. The van der Waals surface area contributed by atoms with Crippen molar-refractivity contribution in [3.63, 3.8) is 0 Å². The second-order valence-corrected chi connectivity index (χ2v) is 6.64. The van der Waals surface area contributed by atoms with Gasteiger partial charge in [-0.15, -0.1) is 0 Å². The van der Waals surface area contributed by atoms with Crippen LogP contribution in [0.1, 0.15) is 36.5 Å². The highest BCUT2D eigenvalue weighted by Crippen LogP contribution is 2.36. The lowest BCUT2D eigenvalue weighted by atomic mass is 9.96. The fourth-order valence-electron chi connectivity index (χ4n) is 3.81. The lowest BCUT2D eigenvalue weighted by molar-refractivity contribution is -0.0751. The van der Waals surface area contributed by atoms with Gasteiger partial charge in [0.15, 0.2) is 0 Å². The van der Waals surface area contributed by atoms with E-state index in [1.807, 2.05) is 0 Å². The fourth-order valence-corrected chi connectivity index (χ4v) is 3.81. The number of morpholine rings is 1. The quantitative estimate of drug-likeness (QED) is 0.847. The van der Waals surface area contributed by atoms with E-state index in [0.717, 1.165) is 13.2 Å². The van der Waals surface area contributed by atoms with Gasteiger partial charge in [0.2, 0.25) is 0 Å². The SMILES string of the molecule is CN(C)CCCN1CCOC2c3ccccc3CCCC21. The molecule has 1 heterocycles. The van der Waals surface area contributed by atoms with Gasteiger partial charge >= 0.3 is 0 Å². The van der Waals surface area contributed by atoms with Gasteiger partial charge in [0, 0.05) is 12.6 Å². The molecule has 2 atom stereocenters. The fraction of sp³-hybridized carbons (Fsp3) is 0.667. The summed E-state index contributed by atoms with van der Waals surface area (Å²) in [5.74, 6) is 0.